The number of hydrogen-bond donors (Lipinski definition) is 2. The Morgan fingerprint density at radius 2 is 1.54 bits per heavy atom. The summed E-state index contributed by atoms with van der Waals surface area (Å²) < 4.78 is 66.7. The number of benzene rings is 2. The minimum atomic E-state index is -1.60. The predicted molar refractivity (Wildman–Crippen MR) is 78.7 cm³/mol. The molecule has 0 spiro atoms. The molecule has 0 saturated carbocycles. The van der Waals surface area contributed by atoms with Gasteiger partial charge in [-0.1, -0.05) is 13.0 Å². The van der Waals surface area contributed by atoms with E-state index in [0.717, 1.165) is 24.3 Å². The molecule has 0 bridgehead atoms. The van der Waals surface area contributed by atoms with Gasteiger partial charge in [-0.05, 0) is 30.2 Å². The highest BCUT2D eigenvalue weighted by molar-refractivity contribution is 5.26. The molecule has 0 fully saturated rings. The van der Waals surface area contributed by atoms with Gasteiger partial charge in [-0.2, -0.15) is 0 Å². The second-order valence-corrected chi connectivity index (χ2v) is 5.33. The molecule has 2 N–H and O–H groups in total. The second-order valence-electron chi connectivity index (χ2n) is 5.33. The van der Waals surface area contributed by atoms with Crippen LogP contribution in [0.25, 0.3) is 0 Å². The summed E-state index contributed by atoms with van der Waals surface area (Å²) in [7, 11) is 0. The molecular formula is C17H16F5NO. The number of aliphatic hydroxyl groups is 1. The number of halogens is 5. The fourth-order valence-corrected chi connectivity index (χ4v) is 2.49. The Morgan fingerprint density at radius 1 is 0.917 bits per heavy atom. The fraction of sp³-hybridized carbons (Fsp3) is 0.294. The van der Waals surface area contributed by atoms with Gasteiger partial charge in [0, 0.05) is 17.7 Å². The van der Waals surface area contributed by atoms with E-state index in [9.17, 15) is 27.1 Å². The molecule has 2 unspecified atom stereocenters. The minimum Gasteiger partial charge on any atom is -0.394 e. The van der Waals surface area contributed by atoms with Crippen molar-refractivity contribution in [1.82, 2.24) is 5.32 Å². The lowest BCUT2D eigenvalue weighted by Gasteiger charge is -2.25. The summed E-state index contributed by atoms with van der Waals surface area (Å²) in [5.74, 6) is -5.88. The molecule has 0 heterocycles. The maximum Gasteiger partial charge on any atom is 0.194 e. The molecule has 0 aliphatic carbocycles. The van der Waals surface area contributed by atoms with E-state index in [1.165, 1.54) is 6.07 Å². The Labute approximate surface area is 135 Å². The lowest BCUT2D eigenvalue weighted by atomic mass is 10.00. The summed E-state index contributed by atoms with van der Waals surface area (Å²) in [6.45, 7) is 1.17. The third-order valence-electron chi connectivity index (χ3n) is 3.74. The standard InChI is InChI=1S/C17H16F5NO/c1-2-15(11-4-3-10(18)7-12(11)19)23-16(8-24)9-5-13(20)17(22)14(21)6-9/h3-7,15-16,23-24H,2,8H2,1H3. The van der Waals surface area contributed by atoms with Gasteiger partial charge in [0.05, 0.1) is 12.6 Å². The Balaban J connectivity index is 2.30. The van der Waals surface area contributed by atoms with Crippen molar-refractivity contribution < 1.29 is 27.1 Å². The average Bonchev–Trinajstić information content (AvgIpc) is 2.54. The molecule has 0 radical (unpaired) electrons. The van der Waals surface area contributed by atoms with Gasteiger partial charge in [0.25, 0.3) is 0 Å². The van der Waals surface area contributed by atoms with Crippen LogP contribution in [0.5, 0.6) is 0 Å². The second kappa shape index (κ2) is 7.72. The molecule has 0 aliphatic rings. The van der Waals surface area contributed by atoms with Crippen molar-refractivity contribution in [3.63, 3.8) is 0 Å². The highest BCUT2D eigenvalue weighted by Gasteiger charge is 2.22. The molecule has 2 nitrogen and oxygen atoms in total. The maximum atomic E-state index is 13.9. The molecule has 2 aromatic carbocycles. The summed E-state index contributed by atoms with van der Waals surface area (Å²) in [5, 5.41) is 12.3. The highest BCUT2D eigenvalue weighted by atomic mass is 19.2. The van der Waals surface area contributed by atoms with E-state index in [2.05, 4.69) is 5.32 Å². The summed E-state index contributed by atoms with van der Waals surface area (Å²) >= 11 is 0. The normalized spacial score (nSPS) is 13.8. The molecule has 2 aromatic rings. The van der Waals surface area contributed by atoms with Crippen LogP contribution < -0.4 is 5.32 Å². The first-order valence-electron chi connectivity index (χ1n) is 7.33. The van der Waals surface area contributed by atoms with Crippen LogP contribution in [0.3, 0.4) is 0 Å². The van der Waals surface area contributed by atoms with Crippen molar-refractivity contribution in [1.29, 1.82) is 0 Å². The van der Waals surface area contributed by atoms with E-state index < -0.39 is 47.8 Å². The van der Waals surface area contributed by atoms with Gasteiger partial charge in [0.15, 0.2) is 17.5 Å². The summed E-state index contributed by atoms with van der Waals surface area (Å²) in [6, 6.07) is 3.01. The number of rotatable bonds is 6. The molecule has 2 rings (SSSR count). The van der Waals surface area contributed by atoms with Crippen LogP contribution in [0.4, 0.5) is 22.0 Å². The van der Waals surface area contributed by atoms with Crippen LogP contribution in [0.15, 0.2) is 30.3 Å². The van der Waals surface area contributed by atoms with Crippen molar-refractivity contribution >= 4 is 0 Å². The van der Waals surface area contributed by atoms with Crippen molar-refractivity contribution in [3.8, 4) is 0 Å². The Kier molecular flexibility index (Phi) is 5.90. The zero-order valence-electron chi connectivity index (χ0n) is 12.8. The first-order chi connectivity index (χ1) is 11.4. The largest absolute Gasteiger partial charge is 0.394 e. The molecule has 2 atom stereocenters. The zero-order valence-corrected chi connectivity index (χ0v) is 12.8. The molecular weight excluding hydrogens is 329 g/mol. The number of aliphatic hydroxyl groups excluding tert-OH is 1. The van der Waals surface area contributed by atoms with Crippen molar-refractivity contribution in [3.05, 3.63) is 70.5 Å². The first kappa shape index (κ1) is 18.4. The quantitative estimate of drug-likeness (QED) is 0.609. The Bertz CT molecular complexity index is 699. The van der Waals surface area contributed by atoms with Crippen LogP contribution in [0, 0.1) is 29.1 Å². The van der Waals surface area contributed by atoms with E-state index in [1.807, 2.05) is 0 Å². The van der Waals surface area contributed by atoms with Gasteiger partial charge in [0.1, 0.15) is 11.6 Å². The summed E-state index contributed by atoms with van der Waals surface area (Å²) in [6.07, 6.45) is 0.366. The zero-order chi connectivity index (χ0) is 17.9. The average molecular weight is 345 g/mol. The third-order valence-corrected chi connectivity index (χ3v) is 3.74. The first-order valence-corrected chi connectivity index (χ1v) is 7.33. The van der Waals surface area contributed by atoms with Crippen LogP contribution in [0.1, 0.15) is 36.6 Å². The van der Waals surface area contributed by atoms with Crippen molar-refractivity contribution in [2.75, 3.05) is 6.61 Å². The molecule has 130 valence electrons. The van der Waals surface area contributed by atoms with Crippen LogP contribution in [-0.2, 0) is 0 Å². The fourth-order valence-electron chi connectivity index (χ4n) is 2.49. The Hall–Kier alpha value is -1.99. The van der Waals surface area contributed by atoms with Gasteiger partial charge >= 0.3 is 0 Å². The Morgan fingerprint density at radius 3 is 2.04 bits per heavy atom. The molecule has 0 saturated heterocycles. The van der Waals surface area contributed by atoms with E-state index in [-0.39, 0.29) is 11.1 Å². The van der Waals surface area contributed by atoms with E-state index in [4.69, 9.17) is 0 Å². The van der Waals surface area contributed by atoms with Gasteiger partial charge in [-0.3, -0.25) is 0 Å². The molecule has 0 aliphatic heterocycles. The van der Waals surface area contributed by atoms with E-state index in [1.54, 1.807) is 6.92 Å². The van der Waals surface area contributed by atoms with Crippen LogP contribution in [0.2, 0.25) is 0 Å². The van der Waals surface area contributed by atoms with Crippen LogP contribution >= 0.6 is 0 Å². The van der Waals surface area contributed by atoms with Gasteiger partial charge in [-0.25, -0.2) is 22.0 Å². The monoisotopic (exact) mass is 345 g/mol. The van der Waals surface area contributed by atoms with Crippen LogP contribution in [-0.4, -0.2) is 11.7 Å². The topological polar surface area (TPSA) is 32.3 Å². The van der Waals surface area contributed by atoms with Gasteiger partial charge in [0.2, 0.25) is 0 Å². The molecule has 0 aromatic heterocycles. The van der Waals surface area contributed by atoms with E-state index in [0.29, 0.717) is 6.42 Å². The minimum absolute atomic E-state index is 0.0186. The smallest absolute Gasteiger partial charge is 0.194 e. The third kappa shape index (κ3) is 3.91. The van der Waals surface area contributed by atoms with Crippen molar-refractivity contribution in [2.24, 2.45) is 0 Å². The lowest BCUT2D eigenvalue weighted by molar-refractivity contribution is 0.230. The molecule has 0 amide bonds. The van der Waals surface area contributed by atoms with Crippen molar-refractivity contribution in [2.45, 2.75) is 25.4 Å². The highest BCUT2D eigenvalue weighted by Crippen LogP contribution is 2.26. The molecule has 24 heavy (non-hydrogen) atoms. The number of nitrogens with one attached hydrogen (secondary N) is 1. The maximum absolute atomic E-state index is 13.9. The summed E-state index contributed by atoms with van der Waals surface area (Å²) in [4.78, 5) is 0. The van der Waals surface area contributed by atoms with E-state index >= 15 is 0 Å². The summed E-state index contributed by atoms with van der Waals surface area (Å²) in [5.41, 5.74) is 0.135. The lowest BCUT2D eigenvalue weighted by Crippen LogP contribution is -2.29. The van der Waals surface area contributed by atoms with Gasteiger partial charge in [-0.15, -0.1) is 0 Å². The number of hydrogen-bond acceptors (Lipinski definition) is 2. The predicted octanol–water partition coefficient (Wildman–Crippen LogP) is 4.16. The SMILES string of the molecule is CCC(NC(CO)c1cc(F)c(F)c(F)c1)c1ccc(F)cc1F. The van der Waals surface area contributed by atoms with Gasteiger partial charge < -0.3 is 10.4 Å². The molecule has 7 heteroatoms.